The van der Waals surface area contributed by atoms with Crippen LogP contribution in [0.2, 0.25) is 0 Å². The van der Waals surface area contributed by atoms with E-state index in [1.807, 2.05) is 74.0 Å². The van der Waals surface area contributed by atoms with E-state index in [4.69, 9.17) is 0 Å². The van der Waals surface area contributed by atoms with E-state index in [9.17, 15) is 9.59 Å². The second-order valence-electron chi connectivity index (χ2n) is 7.78. The molecule has 2 amide bonds. The lowest BCUT2D eigenvalue weighted by molar-refractivity contribution is -0.124. The van der Waals surface area contributed by atoms with Gasteiger partial charge in [0.2, 0.25) is 5.91 Å². The molecule has 2 N–H and O–H groups in total. The molecule has 0 fully saturated rings. The van der Waals surface area contributed by atoms with Crippen LogP contribution in [0.1, 0.15) is 40.9 Å². The van der Waals surface area contributed by atoms with Gasteiger partial charge in [-0.1, -0.05) is 56.3 Å². The highest BCUT2D eigenvalue weighted by molar-refractivity contribution is 5.98. The first kappa shape index (κ1) is 21.3. The van der Waals surface area contributed by atoms with Gasteiger partial charge in [0.15, 0.2) is 0 Å². The fraction of sp³-hybridized carbons (Fsp3) is 0.292. The summed E-state index contributed by atoms with van der Waals surface area (Å²) in [4.78, 5) is 29.4. The Labute approximate surface area is 177 Å². The normalized spacial score (nSPS) is 11.9. The summed E-state index contributed by atoms with van der Waals surface area (Å²) >= 11 is 0. The highest BCUT2D eigenvalue weighted by atomic mass is 16.2. The molecular formula is C24H28N4O2. The number of imidazole rings is 1. The Kier molecular flexibility index (Phi) is 7.01. The number of nitrogens with one attached hydrogen (secondary N) is 2. The van der Waals surface area contributed by atoms with Crippen LogP contribution in [-0.2, 0) is 17.9 Å². The predicted octanol–water partition coefficient (Wildman–Crippen LogP) is 3.31. The number of amides is 2. The van der Waals surface area contributed by atoms with Crippen LogP contribution in [0.25, 0.3) is 0 Å². The lowest BCUT2D eigenvalue weighted by atomic mass is 10.0. The fourth-order valence-electron chi connectivity index (χ4n) is 3.23. The Morgan fingerprint density at radius 1 is 1.03 bits per heavy atom. The molecule has 0 saturated carbocycles. The van der Waals surface area contributed by atoms with Crippen LogP contribution >= 0.6 is 0 Å². The molecule has 0 radical (unpaired) electrons. The molecule has 1 atom stereocenters. The van der Waals surface area contributed by atoms with Crippen LogP contribution in [0.4, 0.5) is 0 Å². The van der Waals surface area contributed by atoms with E-state index < -0.39 is 6.04 Å². The lowest BCUT2D eigenvalue weighted by Gasteiger charge is -2.22. The summed E-state index contributed by atoms with van der Waals surface area (Å²) in [5.41, 5.74) is 3.64. The van der Waals surface area contributed by atoms with Crippen LogP contribution in [0.3, 0.4) is 0 Å². The molecule has 0 aliphatic heterocycles. The third-order valence-corrected chi connectivity index (χ3v) is 5.04. The number of aromatic nitrogens is 2. The topological polar surface area (TPSA) is 76.0 Å². The Balaban J connectivity index is 1.57. The Morgan fingerprint density at radius 3 is 2.37 bits per heavy atom. The van der Waals surface area contributed by atoms with E-state index in [1.165, 1.54) is 0 Å². The molecule has 3 aromatic rings. The second-order valence-corrected chi connectivity index (χ2v) is 7.78. The summed E-state index contributed by atoms with van der Waals surface area (Å²) in [6.45, 7) is 6.90. The first-order valence-electron chi connectivity index (χ1n) is 10.1. The van der Waals surface area contributed by atoms with Gasteiger partial charge in [-0.2, -0.15) is 0 Å². The number of carbonyl (C=O) groups excluding carboxylic acids is 2. The van der Waals surface area contributed by atoms with Gasteiger partial charge in [-0.05, 0) is 35.6 Å². The zero-order valence-electron chi connectivity index (χ0n) is 17.6. The number of rotatable bonds is 8. The number of hydrogen-bond acceptors (Lipinski definition) is 3. The quantitative estimate of drug-likeness (QED) is 0.605. The largest absolute Gasteiger partial charge is 0.350 e. The van der Waals surface area contributed by atoms with Crippen molar-refractivity contribution >= 4 is 11.8 Å². The Bertz CT molecular complexity index is 979. The maximum Gasteiger partial charge on any atom is 0.252 e. The van der Waals surface area contributed by atoms with Crippen molar-refractivity contribution in [3.63, 3.8) is 0 Å². The van der Waals surface area contributed by atoms with Gasteiger partial charge in [-0.3, -0.25) is 9.59 Å². The van der Waals surface area contributed by atoms with Gasteiger partial charge >= 0.3 is 0 Å². The molecule has 0 aliphatic carbocycles. The number of hydrogen-bond donors (Lipinski definition) is 2. The zero-order chi connectivity index (χ0) is 21.5. The average Bonchev–Trinajstić information content (AvgIpc) is 3.24. The number of aryl methyl sites for hydroxylation is 1. The number of nitrogens with zero attached hydrogens (tertiary/aromatic N) is 2. The minimum atomic E-state index is -0.599. The van der Waals surface area contributed by atoms with E-state index in [-0.39, 0.29) is 17.7 Å². The molecule has 0 saturated heterocycles. The molecule has 156 valence electrons. The van der Waals surface area contributed by atoms with Gasteiger partial charge in [-0.15, -0.1) is 0 Å². The van der Waals surface area contributed by atoms with E-state index >= 15 is 0 Å². The zero-order valence-corrected chi connectivity index (χ0v) is 17.6. The maximum atomic E-state index is 12.8. The molecule has 30 heavy (non-hydrogen) atoms. The van der Waals surface area contributed by atoms with Crippen molar-refractivity contribution in [3.05, 3.63) is 89.5 Å². The van der Waals surface area contributed by atoms with Crippen LogP contribution in [0.15, 0.2) is 67.3 Å². The summed E-state index contributed by atoms with van der Waals surface area (Å²) in [5, 5.41) is 5.83. The van der Waals surface area contributed by atoms with Crippen molar-refractivity contribution in [2.75, 3.05) is 0 Å². The first-order chi connectivity index (χ1) is 14.4. The molecule has 1 unspecified atom stereocenters. The molecule has 1 heterocycles. The number of carbonyl (C=O) groups is 2. The van der Waals surface area contributed by atoms with E-state index in [0.717, 1.165) is 23.2 Å². The van der Waals surface area contributed by atoms with Crippen molar-refractivity contribution < 1.29 is 9.59 Å². The molecule has 6 heteroatoms. The first-order valence-corrected chi connectivity index (χ1v) is 10.1. The maximum absolute atomic E-state index is 12.8. The summed E-state index contributed by atoms with van der Waals surface area (Å²) in [5.74, 6) is -0.448. The monoisotopic (exact) mass is 404 g/mol. The van der Waals surface area contributed by atoms with Crippen LogP contribution in [0.5, 0.6) is 0 Å². The third kappa shape index (κ3) is 5.56. The smallest absolute Gasteiger partial charge is 0.252 e. The molecule has 1 aromatic heterocycles. The van der Waals surface area contributed by atoms with Crippen molar-refractivity contribution in [1.82, 2.24) is 20.2 Å². The molecule has 2 aromatic carbocycles. The Morgan fingerprint density at radius 2 is 1.73 bits per heavy atom. The fourth-order valence-corrected chi connectivity index (χ4v) is 3.23. The van der Waals surface area contributed by atoms with Crippen LogP contribution in [0, 0.1) is 12.8 Å². The van der Waals surface area contributed by atoms with E-state index in [0.29, 0.717) is 12.1 Å². The third-order valence-electron chi connectivity index (χ3n) is 5.04. The van der Waals surface area contributed by atoms with E-state index in [2.05, 4.69) is 15.6 Å². The molecule has 0 spiro atoms. The molecule has 0 bridgehead atoms. The lowest BCUT2D eigenvalue weighted by Crippen LogP contribution is -2.49. The van der Waals surface area contributed by atoms with Gasteiger partial charge in [0.25, 0.3) is 5.91 Å². The van der Waals surface area contributed by atoms with Crippen molar-refractivity contribution in [3.8, 4) is 0 Å². The van der Waals surface area contributed by atoms with Gasteiger partial charge in [0.05, 0.1) is 6.33 Å². The minimum Gasteiger partial charge on any atom is -0.350 e. The predicted molar refractivity (Wildman–Crippen MR) is 117 cm³/mol. The molecule has 3 rings (SSSR count). The highest BCUT2D eigenvalue weighted by Gasteiger charge is 2.24. The van der Waals surface area contributed by atoms with Crippen molar-refractivity contribution in [1.29, 1.82) is 0 Å². The summed E-state index contributed by atoms with van der Waals surface area (Å²) in [6.07, 6.45) is 5.46. The van der Waals surface area contributed by atoms with Crippen LogP contribution < -0.4 is 10.6 Å². The van der Waals surface area contributed by atoms with Gasteiger partial charge < -0.3 is 15.2 Å². The van der Waals surface area contributed by atoms with Gasteiger partial charge in [0, 0.05) is 31.0 Å². The van der Waals surface area contributed by atoms with E-state index in [1.54, 1.807) is 18.6 Å². The second kappa shape index (κ2) is 9.87. The van der Waals surface area contributed by atoms with Gasteiger partial charge in [-0.25, -0.2) is 4.98 Å². The summed E-state index contributed by atoms with van der Waals surface area (Å²) < 4.78 is 2.00. The average molecular weight is 405 g/mol. The summed E-state index contributed by atoms with van der Waals surface area (Å²) in [6, 6.07) is 14.9. The van der Waals surface area contributed by atoms with Crippen molar-refractivity contribution in [2.45, 2.75) is 39.9 Å². The standard InChI is InChI=1S/C24H28N4O2/c1-17(2)22(27-23(29)21-7-5-4-6-18(21)3)24(30)26-14-19-8-10-20(11-9-19)15-28-13-12-25-16-28/h4-13,16-17,22H,14-15H2,1-3H3,(H,26,30)(H,27,29). The SMILES string of the molecule is Cc1ccccc1C(=O)NC(C(=O)NCc1ccc(Cn2ccnc2)cc1)C(C)C. The molecule has 0 aliphatic rings. The molecule has 6 nitrogen and oxygen atoms in total. The summed E-state index contributed by atoms with van der Waals surface area (Å²) in [7, 11) is 0. The highest BCUT2D eigenvalue weighted by Crippen LogP contribution is 2.10. The van der Waals surface area contributed by atoms with Crippen LogP contribution in [-0.4, -0.2) is 27.4 Å². The Hall–Kier alpha value is -3.41. The molecular weight excluding hydrogens is 376 g/mol. The van der Waals surface area contributed by atoms with Gasteiger partial charge in [0.1, 0.15) is 6.04 Å². The number of benzene rings is 2. The van der Waals surface area contributed by atoms with Crippen molar-refractivity contribution in [2.24, 2.45) is 5.92 Å². The minimum absolute atomic E-state index is 0.0319.